The molecule has 0 spiro atoms. The molecule has 0 amide bonds. The second-order valence-corrected chi connectivity index (χ2v) is 8.88. The topological polar surface area (TPSA) is 120 Å². The number of hydrogen-bond acceptors (Lipinski definition) is 8. The van der Waals surface area contributed by atoms with Crippen molar-refractivity contribution in [3.63, 3.8) is 0 Å². The van der Waals surface area contributed by atoms with Crippen LogP contribution >= 0.6 is 0 Å². The van der Waals surface area contributed by atoms with Crippen LogP contribution in [0, 0.1) is 0 Å². The maximum Gasteiger partial charge on any atom is 0.124 e. The van der Waals surface area contributed by atoms with Gasteiger partial charge >= 0.3 is 0 Å². The third-order valence-corrected chi connectivity index (χ3v) is 6.72. The number of likely N-dealkylation sites (tertiary alicyclic amines) is 1. The number of aromatic hydroxyl groups is 1. The van der Waals surface area contributed by atoms with E-state index in [2.05, 4.69) is 34.0 Å². The van der Waals surface area contributed by atoms with E-state index in [1.165, 1.54) is 12.8 Å². The number of nitrogens with one attached hydrogen (secondary N) is 1. The molecule has 31 heavy (non-hydrogen) atoms. The third-order valence-electron chi connectivity index (χ3n) is 6.72. The van der Waals surface area contributed by atoms with Gasteiger partial charge in [0.15, 0.2) is 0 Å². The molecular weight excluding hydrogens is 390 g/mol. The number of rotatable bonds is 9. The van der Waals surface area contributed by atoms with Crippen molar-refractivity contribution in [1.82, 2.24) is 20.0 Å². The van der Waals surface area contributed by atoms with Crippen molar-refractivity contribution in [2.45, 2.75) is 37.9 Å². The van der Waals surface area contributed by atoms with E-state index in [0.29, 0.717) is 29.4 Å². The highest BCUT2D eigenvalue weighted by molar-refractivity contribution is 5.69. The molecule has 3 atom stereocenters. The normalized spacial score (nSPS) is 22.7. The first-order valence-corrected chi connectivity index (χ1v) is 11.2. The lowest BCUT2D eigenvalue weighted by molar-refractivity contribution is 0.0628. The average Bonchev–Trinajstić information content (AvgIpc) is 2.96. The number of nitrogens with zero attached hydrogens (tertiary/aromatic N) is 3. The SMILES string of the molecule is CNCCN(C)C(C)CN1C2CCC1CN(C(/C=C(\N)c1ccccc1O)=C(N)N)C2. The number of piperazine rings is 1. The molecule has 172 valence electrons. The molecule has 0 saturated carbocycles. The van der Waals surface area contributed by atoms with Gasteiger partial charge in [-0.1, -0.05) is 12.1 Å². The van der Waals surface area contributed by atoms with Gasteiger partial charge < -0.3 is 37.4 Å². The van der Waals surface area contributed by atoms with E-state index in [4.69, 9.17) is 17.2 Å². The second-order valence-electron chi connectivity index (χ2n) is 8.88. The number of fused-ring (bicyclic) bond motifs is 2. The van der Waals surface area contributed by atoms with E-state index in [9.17, 15) is 5.11 Å². The summed E-state index contributed by atoms with van der Waals surface area (Å²) in [7, 11) is 4.19. The van der Waals surface area contributed by atoms with Crippen LogP contribution in [0.15, 0.2) is 41.9 Å². The van der Waals surface area contributed by atoms with Crippen molar-refractivity contribution in [3.05, 3.63) is 47.4 Å². The molecular formula is C23H39N7O. The van der Waals surface area contributed by atoms with Gasteiger partial charge in [-0.15, -0.1) is 0 Å². The van der Waals surface area contributed by atoms with Crippen LogP contribution in [0.1, 0.15) is 25.3 Å². The van der Waals surface area contributed by atoms with Gasteiger partial charge in [-0.3, -0.25) is 4.90 Å². The molecule has 2 fully saturated rings. The first-order chi connectivity index (χ1) is 14.8. The zero-order valence-corrected chi connectivity index (χ0v) is 19.1. The Bertz CT molecular complexity index is 791. The van der Waals surface area contributed by atoms with Crippen LogP contribution in [0.3, 0.4) is 0 Å². The molecule has 0 aromatic heterocycles. The standard InChI is InChI=1S/C23H39N7O/c1-16(28(3)11-10-27-2)13-30-17-8-9-18(30)15-29(14-17)21(23(25)26)12-20(24)19-6-4-5-7-22(19)31/h4-7,12,16-18,27,31H,8-11,13-15,24-26H2,1-3H3/b20-12-. The Kier molecular flexibility index (Phi) is 7.69. The molecule has 3 rings (SSSR count). The number of hydrogen-bond donors (Lipinski definition) is 5. The van der Waals surface area contributed by atoms with Crippen LogP contribution in [0.2, 0.25) is 0 Å². The summed E-state index contributed by atoms with van der Waals surface area (Å²) in [4.78, 5) is 7.34. The minimum Gasteiger partial charge on any atom is -0.507 e. The largest absolute Gasteiger partial charge is 0.507 e. The highest BCUT2D eigenvalue weighted by Gasteiger charge is 2.41. The molecule has 2 aliphatic rings. The Labute approximate surface area is 186 Å². The number of likely N-dealkylation sites (N-methyl/N-ethyl adjacent to an activating group) is 2. The van der Waals surface area contributed by atoms with Gasteiger partial charge in [0.25, 0.3) is 0 Å². The number of benzene rings is 1. The summed E-state index contributed by atoms with van der Waals surface area (Å²) in [5, 5.41) is 13.4. The Morgan fingerprint density at radius 1 is 1.23 bits per heavy atom. The summed E-state index contributed by atoms with van der Waals surface area (Å²) in [6.07, 6.45) is 4.17. The van der Waals surface area contributed by atoms with Crippen molar-refractivity contribution in [2.24, 2.45) is 17.2 Å². The summed E-state index contributed by atoms with van der Waals surface area (Å²) in [6, 6.07) is 8.49. The van der Waals surface area contributed by atoms with Gasteiger partial charge in [0, 0.05) is 62.1 Å². The van der Waals surface area contributed by atoms with Gasteiger partial charge in [-0.2, -0.15) is 0 Å². The van der Waals surface area contributed by atoms with Gasteiger partial charge in [0.1, 0.15) is 11.6 Å². The summed E-state index contributed by atoms with van der Waals surface area (Å²) < 4.78 is 0. The van der Waals surface area contributed by atoms with E-state index in [-0.39, 0.29) is 11.6 Å². The highest BCUT2D eigenvalue weighted by atomic mass is 16.3. The zero-order chi connectivity index (χ0) is 22.5. The molecule has 2 bridgehead atoms. The smallest absolute Gasteiger partial charge is 0.124 e. The summed E-state index contributed by atoms with van der Waals surface area (Å²) in [5.41, 5.74) is 20.2. The number of nitrogens with two attached hydrogens (primary N) is 3. The Hall–Kier alpha value is -2.42. The molecule has 1 aromatic rings. The van der Waals surface area contributed by atoms with Crippen molar-refractivity contribution in [3.8, 4) is 5.75 Å². The Morgan fingerprint density at radius 3 is 2.45 bits per heavy atom. The molecule has 2 heterocycles. The molecule has 8 heteroatoms. The van der Waals surface area contributed by atoms with Gasteiger partial charge in [-0.05, 0) is 52.1 Å². The Balaban J connectivity index is 1.70. The quantitative estimate of drug-likeness (QED) is 0.359. The number of para-hydroxylation sites is 1. The molecule has 0 aliphatic carbocycles. The average molecular weight is 430 g/mol. The molecule has 2 saturated heterocycles. The van der Waals surface area contributed by atoms with Gasteiger partial charge in [0.2, 0.25) is 0 Å². The molecule has 8 N–H and O–H groups in total. The Morgan fingerprint density at radius 2 is 1.87 bits per heavy atom. The van der Waals surface area contributed by atoms with Gasteiger partial charge in [0.05, 0.1) is 5.70 Å². The summed E-state index contributed by atoms with van der Waals surface area (Å²) in [5.74, 6) is 0.402. The van der Waals surface area contributed by atoms with Gasteiger partial charge in [-0.25, -0.2) is 0 Å². The van der Waals surface area contributed by atoms with Crippen molar-refractivity contribution in [1.29, 1.82) is 0 Å². The fourth-order valence-corrected chi connectivity index (χ4v) is 4.74. The zero-order valence-electron chi connectivity index (χ0n) is 19.1. The molecule has 3 unspecified atom stereocenters. The molecule has 0 radical (unpaired) electrons. The first kappa shape index (κ1) is 23.2. The fourth-order valence-electron chi connectivity index (χ4n) is 4.74. The van der Waals surface area contributed by atoms with E-state index >= 15 is 0 Å². The summed E-state index contributed by atoms with van der Waals surface area (Å²) in [6.45, 7) is 7.16. The molecule has 1 aromatic carbocycles. The van der Waals surface area contributed by atoms with Crippen LogP contribution in [0.4, 0.5) is 0 Å². The summed E-state index contributed by atoms with van der Waals surface area (Å²) >= 11 is 0. The van der Waals surface area contributed by atoms with E-state index in [0.717, 1.165) is 38.4 Å². The van der Waals surface area contributed by atoms with Crippen LogP contribution in [-0.4, -0.2) is 84.8 Å². The maximum atomic E-state index is 10.1. The van der Waals surface area contributed by atoms with Crippen LogP contribution in [-0.2, 0) is 0 Å². The lowest BCUT2D eigenvalue weighted by Crippen LogP contribution is -2.56. The fraction of sp³-hybridized carbons (Fsp3) is 0.565. The number of allylic oxidation sites excluding steroid dienone is 1. The first-order valence-electron chi connectivity index (χ1n) is 11.2. The predicted octanol–water partition coefficient (Wildman–Crippen LogP) is 0.467. The van der Waals surface area contributed by atoms with E-state index in [1.54, 1.807) is 24.3 Å². The maximum absolute atomic E-state index is 10.1. The highest BCUT2D eigenvalue weighted by Crippen LogP contribution is 2.33. The lowest BCUT2D eigenvalue weighted by Gasteiger charge is -2.44. The van der Waals surface area contributed by atoms with Crippen LogP contribution in [0.25, 0.3) is 5.70 Å². The lowest BCUT2D eigenvalue weighted by atomic mass is 10.1. The minimum absolute atomic E-state index is 0.146. The minimum atomic E-state index is 0.146. The third kappa shape index (κ3) is 5.44. The molecule has 8 nitrogen and oxygen atoms in total. The van der Waals surface area contributed by atoms with Crippen molar-refractivity contribution in [2.75, 3.05) is 46.8 Å². The van der Waals surface area contributed by atoms with E-state index in [1.807, 2.05) is 13.1 Å². The monoisotopic (exact) mass is 429 g/mol. The number of phenolic OH excluding ortho intramolecular Hbond substituents is 1. The van der Waals surface area contributed by atoms with E-state index < -0.39 is 0 Å². The number of phenols is 1. The van der Waals surface area contributed by atoms with Crippen LogP contribution < -0.4 is 22.5 Å². The molecule has 2 aliphatic heterocycles. The van der Waals surface area contributed by atoms with Crippen molar-refractivity contribution >= 4 is 5.70 Å². The van der Waals surface area contributed by atoms with Crippen LogP contribution in [0.5, 0.6) is 5.75 Å². The second kappa shape index (κ2) is 10.3. The van der Waals surface area contributed by atoms with Crippen molar-refractivity contribution < 1.29 is 5.11 Å². The predicted molar refractivity (Wildman–Crippen MR) is 127 cm³/mol.